The molecule has 0 aliphatic carbocycles. The van der Waals surface area contributed by atoms with Crippen molar-refractivity contribution in [3.05, 3.63) is 60.8 Å². The lowest BCUT2D eigenvalue weighted by Crippen LogP contribution is -2.30. The maximum absolute atomic E-state index is 12.8. The van der Waals surface area contributed by atoms with E-state index >= 15 is 0 Å². The molecule has 0 aliphatic heterocycles. The summed E-state index contributed by atoms with van der Waals surface area (Å²) in [6.07, 6.45) is 79.6. The van der Waals surface area contributed by atoms with Gasteiger partial charge in [-0.15, -0.1) is 0 Å². The van der Waals surface area contributed by atoms with Crippen LogP contribution in [0.3, 0.4) is 0 Å². The van der Waals surface area contributed by atoms with Gasteiger partial charge in [-0.3, -0.25) is 14.4 Å². The highest BCUT2D eigenvalue weighted by Gasteiger charge is 2.19. The Labute approximate surface area is 460 Å². The summed E-state index contributed by atoms with van der Waals surface area (Å²) in [7, 11) is 0. The monoisotopic (exact) mass is 1030 g/mol. The number of unbranched alkanes of at least 4 members (excludes halogenated alkanes) is 38. The van der Waals surface area contributed by atoms with Crippen molar-refractivity contribution in [3.8, 4) is 0 Å². The SMILES string of the molecule is CCCCCC/C=C\C/C=C\CCCCCCCC(=O)OC(COC(=O)CCCCCCCCCCC)COC(=O)CCCCCCCCCCCCCCCCCC/C=C\C/C=C\C/C=C\CCCCCCC. The lowest BCUT2D eigenvalue weighted by atomic mass is 10.0. The summed E-state index contributed by atoms with van der Waals surface area (Å²) in [5.41, 5.74) is 0. The summed E-state index contributed by atoms with van der Waals surface area (Å²) in [4.78, 5) is 38.1. The molecule has 0 aromatic carbocycles. The minimum atomic E-state index is -0.778. The van der Waals surface area contributed by atoms with Gasteiger partial charge in [0.2, 0.25) is 0 Å². The Bertz CT molecular complexity index is 1330. The molecule has 0 radical (unpaired) electrons. The van der Waals surface area contributed by atoms with Crippen molar-refractivity contribution < 1.29 is 28.6 Å². The van der Waals surface area contributed by atoms with E-state index in [0.717, 1.165) is 96.3 Å². The Kier molecular flexibility index (Phi) is 60.2. The Morgan fingerprint density at radius 1 is 0.270 bits per heavy atom. The number of hydrogen-bond acceptors (Lipinski definition) is 6. The van der Waals surface area contributed by atoms with E-state index in [0.29, 0.717) is 19.3 Å². The molecule has 0 saturated carbocycles. The largest absolute Gasteiger partial charge is 0.462 e. The van der Waals surface area contributed by atoms with E-state index in [4.69, 9.17) is 14.2 Å². The van der Waals surface area contributed by atoms with Gasteiger partial charge >= 0.3 is 17.9 Å². The zero-order chi connectivity index (χ0) is 53.6. The van der Waals surface area contributed by atoms with Crippen LogP contribution in [-0.4, -0.2) is 37.2 Å². The first-order valence-corrected chi connectivity index (χ1v) is 32.3. The van der Waals surface area contributed by atoms with Crippen molar-refractivity contribution in [2.24, 2.45) is 0 Å². The maximum Gasteiger partial charge on any atom is 0.306 e. The van der Waals surface area contributed by atoms with E-state index < -0.39 is 6.10 Å². The highest BCUT2D eigenvalue weighted by molar-refractivity contribution is 5.71. The van der Waals surface area contributed by atoms with Crippen LogP contribution in [0.15, 0.2) is 60.8 Å². The fraction of sp³-hybridized carbons (Fsp3) is 0.809. The Balaban J connectivity index is 4.10. The second-order valence-corrected chi connectivity index (χ2v) is 21.7. The number of allylic oxidation sites excluding steroid dienone is 10. The third-order valence-corrected chi connectivity index (χ3v) is 14.2. The Morgan fingerprint density at radius 3 is 0.770 bits per heavy atom. The van der Waals surface area contributed by atoms with Crippen LogP contribution >= 0.6 is 0 Å². The van der Waals surface area contributed by atoms with Gasteiger partial charge < -0.3 is 14.2 Å². The van der Waals surface area contributed by atoms with E-state index in [1.807, 2.05) is 0 Å². The van der Waals surface area contributed by atoms with Crippen LogP contribution in [0.4, 0.5) is 0 Å². The smallest absolute Gasteiger partial charge is 0.306 e. The zero-order valence-electron chi connectivity index (χ0n) is 49.4. The Morgan fingerprint density at radius 2 is 0.486 bits per heavy atom. The van der Waals surface area contributed by atoms with Crippen LogP contribution < -0.4 is 0 Å². The molecule has 0 spiro atoms. The van der Waals surface area contributed by atoms with Crippen LogP contribution in [-0.2, 0) is 28.6 Å². The number of hydrogen-bond donors (Lipinski definition) is 0. The first kappa shape index (κ1) is 71.1. The number of carbonyl (C=O) groups is 3. The van der Waals surface area contributed by atoms with E-state index in [2.05, 4.69) is 81.5 Å². The number of carbonyl (C=O) groups excluding carboxylic acids is 3. The molecule has 0 fully saturated rings. The van der Waals surface area contributed by atoms with Gasteiger partial charge in [0.25, 0.3) is 0 Å². The van der Waals surface area contributed by atoms with Gasteiger partial charge in [-0.2, -0.15) is 0 Å². The molecule has 0 aromatic heterocycles. The van der Waals surface area contributed by atoms with Crippen molar-refractivity contribution in [1.82, 2.24) is 0 Å². The lowest BCUT2D eigenvalue weighted by Gasteiger charge is -2.18. The summed E-state index contributed by atoms with van der Waals surface area (Å²) >= 11 is 0. The second-order valence-electron chi connectivity index (χ2n) is 21.7. The van der Waals surface area contributed by atoms with Crippen molar-refractivity contribution in [1.29, 1.82) is 0 Å². The summed E-state index contributed by atoms with van der Waals surface area (Å²) < 4.78 is 16.9. The topological polar surface area (TPSA) is 78.9 Å². The average Bonchev–Trinajstić information content (AvgIpc) is 3.40. The van der Waals surface area contributed by atoms with Crippen LogP contribution in [0.2, 0.25) is 0 Å². The average molecular weight is 1040 g/mol. The van der Waals surface area contributed by atoms with Crippen molar-refractivity contribution >= 4 is 17.9 Å². The molecule has 74 heavy (non-hydrogen) atoms. The molecule has 0 aromatic rings. The van der Waals surface area contributed by atoms with Crippen LogP contribution in [0.1, 0.15) is 335 Å². The third-order valence-electron chi connectivity index (χ3n) is 14.2. The second kappa shape index (κ2) is 62.6. The van der Waals surface area contributed by atoms with Gasteiger partial charge in [-0.05, 0) is 89.9 Å². The predicted molar refractivity (Wildman–Crippen MR) is 321 cm³/mol. The molecular formula is C68H122O6. The minimum Gasteiger partial charge on any atom is -0.462 e. The van der Waals surface area contributed by atoms with Crippen molar-refractivity contribution in [3.63, 3.8) is 0 Å². The van der Waals surface area contributed by atoms with Gasteiger partial charge in [-0.25, -0.2) is 0 Å². The summed E-state index contributed by atoms with van der Waals surface area (Å²) in [6.45, 7) is 6.61. The maximum atomic E-state index is 12.8. The first-order valence-electron chi connectivity index (χ1n) is 32.3. The molecule has 0 heterocycles. The van der Waals surface area contributed by atoms with Gasteiger partial charge in [0.05, 0.1) is 0 Å². The quantitative estimate of drug-likeness (QED) is 0.0261. The Hall–Kier alpha value is -2.89. The predicted octanol–water partition coefficient (Wildman–Crippen LogP) is 21.9. The van der Waals surface area contributed by atoms with E-state index in [1.165, 1.54) is 199 Å². The molecule has 0 rings (SSSR count). The van der Waals surface area contributed by atoms with E-state index in [1.54, 1.807) is 0 Å². The fourth-order valence-corrected chi connectivity index (χ4v) is 9.36. The first-order chi connectivity index (χ1) is 36.5. The summed E-state index contributed by atoms with van der Waals surface area (Å²) in [6, 6.07) is 0. The number of rotatable bonds is 59. The van der Waals surface area contributed by atoms with E-state index in [9.17, 15) is 14.4 Å². The van der Waals surface area contributed by atoms with Gasteiger partial charge in [-0.1, -0.05) is 287 Å². The standard InChI is InChI=1S/C68H122O6/c1-4-7-10-13-16-19-21-23-25-27-28-29-30-31-32-33-34-35-36-37-38-39-40-41-43-44-46-49-52-55-58-61-67(70)73-64-65(63-72-66(69)60-57-54-51-48-18-15-12-9-6-3)74-68(71)62-59-56-53-50-47-45-42-26-24-22-20-17-14-11-8-5-2/h20-23,26-28,30-31,42,65H,4-19,24-25,29,32-41,43-64H2,1-3H3/b22-20-,23-21-,28-27-,31-30-,42-26-. The molecule has 0 bridgehead atoms. The fourth-order valence-electron chi connectivity index (χ4n) is 9.36. The normalized spacial score (nSPS) is 12.4. The molecule has 0 aliphatic rings. The van der Waals surface area contributed by atoms with Crippen molar-refractivity contribution in [2.75, 3.05) is 13.2 Å². The summed E-state index contributed by atoms with van der Waals surface area (Å²) in [5, 5.41) is 0. The summed E-state index contributed by atoms with van der Waals surface area (Å²) in [5.74, 6) is -0.878. The van der Waals surface area contributed by atoms with Gasteiger partial charge in [0, 0.05) is 19.3 Å². The van der Waals surface area contributed by atoms with Crippen LogP contribution in [0.25, 0.3) is 0 Å². The molecule has 0 N–H and O–H groups in total. The molecule has 0 saturated heterocycles. The minimum absolute atomic E-state index is 0.0763. The van der Waals surface area contributed by atoms with Crippen molar-refractivity contribution in [2.45, 2.75) is 341 Å². The highest BCUT2D eigenvalue weighted by atomic mass is 16.6. The van der Waals surface area contributed by atoms with Crippen LogP contribution in [0, 0.1) is 0 Å². The van der Waals surface area contributed by atoms with Gasteiger partial charge in [0.15, 0.2) is 6.10 Å². The number of esters is 3. The molecule has 1 atom stereocenters. The third kappa shape index (κ3) is 60.0. The molecule has 6 heteroatoms. The zero-order valence-corrected chi connectivity index (χ0v) is 49.4. The number of ether oxygens (including phenoxy) is 3. The molecule has 1 unspecified atom stereocenters. The molecule has 430 valence electrons. The van der Waals surface area contributed by atoms with E-state index in [-0.39, 0.29) is 31.1 Å². The van der Waals surface area contributed by atoms with Gasteiger partial charge in [0.1, 0.15) is 13.2 Å². The molecule has 0 amide bonds. The van der Waals surface area contributed by atoms with Crippen LogP contribution in [0.5, 0.6) is 0 Å². The molecular weight excluding hydrogens is 913 g/mol. The highest BCUT2D eigenvalue weighted by Crippen LogP contribution is 2.17. The molecule has 6 nitrogen and oxygen atoms in total. The lowest BCUT2D eigenvalue weighted by molar-refractivity contribution is -0.167.